The van der Waals surface area contributed by atoms with Crippen LogP contribution >= 0.6 is 0 Å². The molecule has 0 radical (unpaired) electrons. The van der Waals surface area contributed by atoms with E-state index < -0.39 is 0 Å². The third-order valence-electron chi connectivity index (χ3n) is 11.1. The van der Waals surface area contributed by atoms with Gasteiger partial charge in [0.05, 0.1) is 5.71 Å². The number of hydrogen-bond donors (Lipinski definition) is 2. The molecule has 1 saturated heterocycles. The molecule has 0 spiro atoms. The van der Waals surface area contributed by atoms with Gasteiger partial charge in [0, 0.05) is 30.9 Å². The first-order chi connectivity index (χ1) is 16.6. The first kappa shape index (κ1) is 22.8. The maximum atomic E-state index is 11.1. The van der Waals surface area contributed by atoms with Crippen molar-refractivity contribution in [3.05, 3.63) is 48.0 Å². The fraction of sp³-hybridized carbons (Fsp3) is 0.700. The van der Waals surface area contributed by atoms with Crippen LogP contribution in [0.4, 0.5) is 0 Å². The highest BCUT2D eigenvalue weighted by Crippen LogP contribution is 2.68. The topological polar surface area (TPSA) is 53.8 Å². The number of allylic oxidation sites excluding steroid dienone is 1. The number of oxime groups is 1. The number of benzene rings is 1. The molecule has 8 atom stereocenters. The zero-order valence-electron chi connectivity index (χ0n) is 20.8. The SMILES string of the molecule is C=C1CCC2C3CCC4C(c5ccccc5)/C(=N/OC5CCNC5)CCC4(CO)C3CC[C@]12C. The van der Waals surface area contributed by atoms with Gasteiger partial charge in [-0.05, 0) is 92.6 Å². The van der Waals surface area contributed by atoms with E-state index in [0.29, 0.717) is 23.9 Å². The number of aliphatic hydroxyl groups excluding tert-OH is 1. The van der Waals surface area contributed by atoms with Gasteiger partial charge in [0.1, 0.15) is 6.10 Å². The highest BCUT2D eigenvalue weighted by atomic mass is 16.6. The number of rotatable bonds is 4. The van der Waals surface area contributed by atoms with Crippen LogP contribution in [-0.4, -0.2) is 36.6 Å². The third kappa shape index (κ3) is 3.43. The number of aliphatic hydroxyl groups is 1. The molecular weight excluding hydrogens is 420 g/mol. The average molecular weight is 463 g/mol. The van der Waals surface area contributed by atoms with Crippen molar-refractivity contribution in [1.29, 1.82) is 0 Å². The largest absolute Gasteiger partial charge is 0.396 e. The molecule has 4 nitrogen and oxygen atoms in total. The number of fused-ring (bicyclic) bond motifs is 5. The summed E-state index contributed by atoms with van der Waals surface area (Å²) in [6, 6.07) is 11.0. The summed E-state index contributed by atoms with van der Waals surface area (Å²) in [5.41, 5.74) is 4.39. The van der Waals surface area contributed by atoms with Gasteiger partial charge in [0.2, 0.25) is 0 Å². The van der Waals surface area contributed by atoms with E-state index in [1.54, 1.807) is 0 Å². The normalized spacial score (nSPS) is 45.0. The molecular formula is C30H42N2O2. The molecule has 0 bridgehead atoms. The van der Waals surface area contributed by atoms with Gasteiger partial charge in [-0.3, -0.25) is 0 Å². The van der Waals surface area contributed by atoms with Crippen molar-refractivity contribution in [3.8, 4) is 0 Å². The van der Waals surface area contributed by atoms with Crippen LogP contribution in [0.2, 0.25) is 0 Å². The highest BCUT2D eigenvalue weighted by molar-refractivity contribution is 5.92. The van der Waals surface area contributed by atoms with Crippen molar-refractivity contribution in [2.24, 2.45) is 39.7 Å². The molecule has 1 heterocycles. The van der Waals surface area contributed by atoms with E-state index in [4.69, 9.17) is 9.99 Å². The van der Waals surface area contributed by atoms with E-state index in [-0.39, 0.29) is 17.4 Å². The fourth-order valence-electron chi connectivity index (χ4n) is 9.22. The molecule has 5 aliphatic rings. The van der Waals surface area contributed by atoms with Crippen LogP contribution in [0.1, 0.15) is 76.2 Å². The molecule has 1 aromatic carbocycles. The zero-order valence-corrected chi connectivity index (χ0v) is 20.8. The summed E-state index contributed by atoms with van der Waals surface area (Å²) in [5.74, 6) is 2.80. The monoisotopic (exact) mass is 462 g/mol. The van der Waals surface area contributed by atoms with E-state index in [9.17, 15) is 5.11 Å². The standard InChI is InChI=1S/C30H42N2O2/c1-20-8-10-24-23-9-11-26-28(21-6-4-3-5-7-21)27(32-34-22-14-17-31-18-22)13-16-30(26,19-33)25(23)12-15-29(20,24)2/h3-7,22-26,28,31,33H,1,8-19H2,2H3/b32-27+/t22?,23?,24?,25?,26?,28?,29-,30?/m1/s1. The summed E-state index contributed by atoms with van der Waals surface area (Å²) < 4.78 is 0. The summed E-state index contributed by atoms with van der Waals surface area (Å²) >= 11 is 0. The highest BCUT2D eigenvalue weighted by Gasteiger charge is 2.62. The Hall–Kier alpha value is -1.65. The second kappa shape index (κ2) is 8.78. The molecule has 1 aliphatic heterocycles. The van der Waals surface area contributed by atoms with Crippen molar-refractivity contribution in [1.82, 2.24) is 5.32 Å². The Balaban J connectivity index is 1.35. The Kier molecular flexibility index (Phi) is 5.89. The first-order valence-electron chi connectivity index (χ1n) is 13.8. The van der Waals surface area contributed by atoms with Gasteiger partial charge in [-0.1, -0.05) is 54.6 Å². The maximum Gasteiger partial charge on any atom is 0.141 e. The molecule has 0 aromatic heterocycles. The van der Waals surface area contributed by atoms with Crippen molar-refractivity contribution in [2.45, 2.75) is 76.7 Å². The second-order valence-corrected chi connectivity index (χ2v) is 12.2. The molecule has 6 rings (SSSR count). The van der Waals surface area contributed by atoms with E-state index in [1.807, 2.05) is 0 Å². The predicted octanol–water partition coefficient (Wildman–Crippen LogP) is 5.69. The van der Waals surface area contributed by atoms with Crippen LogP contribution < -0.4 is 5.32 Å². The van der Waals surface area contributed by atoms with Crippen molar-refractivity contribution >= 4 is 5.71 Å². The Morgan fingerprint density at radius 3 is 2.65 bits per heavy atom. The molecule has 4 saturated carbocycles. The lowest BCUT2D eigenvalue weighted by Gasteiger charge is -2.62. The summed E-state index contributed by atoms with van der Waals surface area (Å²) in [7, 11) is 0. The lowest BCUT2D eigenvalue weighted by Crippen LogP contribution is -2.57. The molecule has 4 aliphatic carbocycles. The van der Waals surface area contributed by atoms with Crippen LogP contribution in [-0.2, 0) is 4.84 Å². The quantitative estimate of drug-likeness (QED) is 0.447. The van der Waals surface area contributed by atoms with Gasteiger partial charge in [-0.15, -0.1) is 0 Å². The molecule has 0 amide bonds. The van der Waals surface area contributed by atoms with E-state index >= 15 is 0 Å². The summed E-state index contributed by atoms with van der Waals surface area (Å²) in [5, 5.41) is 19.4. The molecule has 7 unspecified atom stereocenters. The Bertz CT molecular complexity index is 938. The van der Waals surface area contributed by atoms with Gasteiger partial charge in [-0.2, -0.15) is 0 Å². The lowest BCUT2D eigenvalue weighted by molar-refractivity contribution is -0.124. The van der Waals surface area contributed by atoms with Gasteiger partial charge in [0.25, 0.3) is 0 Å². The second-order valence-electron chi connectivity index (χ2n) is 12.2. The number of hydrogen-bond acceptors (Lipinski definition) is 4. The van der Waals surface area contributed by atoms with E-state index in [1.165, 1.54) is 55.4 Å². The van der Waals surface area contributed by atoms with Crippen LogP contribution in [0.25, 0.3) is 0 Å². The zero-order chi connectivity index (χ0) is 23.3. The summed E-state index contributed by atoms with van der Waals surface area (Å²) in [4.78, 5) is 6.08. The van der Waals surface area contributed by atoms with Gasteiger partial charge in [-0.25, -0.2) is 0 Å². The smallest absolute Gasteiger partial charge is 0.141 e. The van der Waals surface area contributed by atoms with Crippen molar-refractivity contribution in [2.75, 3.05) is 19.7 Å². The van der Waals surface area contributed by atoms with Crippen molar-refractivity contribution in [3.63, 3.8) is 0 Å². The minimum Gasteiger partial charge on any atom is -0.396 e. The van der Waals surface area contributed by atoms with Crippen LogP contribution in [0.5, 0.6) is 0 Å². The summed E-state index contributed by atoms with van der Waals surface area (Å²) in [6.07, 6.45) is 10.7. The Morgan fingerprint density at radius 2 is 1.88 bits per heavy atom. The molecule has 184 valence electrons. The maximum absolute atomic E-state index is 11.1. The van der Waals surface area contributed by atoms with E-state index in [0.717, 1.165) is 44.2 Å². The molecule has 5 fully saturated rings. The van der Waals surface area contributed by atoms with Crippen LogP contribution in [0, 0.1) is 34.5 Å². The summed E-state index contributed by atoms with van der Waals surface area (Å²) in [6.45, 7) is 9.22. The average Bonchev–Trinajstić information content (AvgIpc) is 3.50. The third-order valence-corrected chi connectivity index (χ3v) is 11.1. The minimum absolute atomic E-state index is 0.00259. The lowest BCUT2D eigenvalue weighted by atomic mass is 9.43. The predicted molar refractivity (Wildman–Crippen MR) is 137 cm³/mol. The molecule has 2 N–H and O–H groups in total. The minimum atomic E-state index is 0.00259. The Labute approximate surface area is 205 Å². The van der Waals surface area contributed by atoms with Crippen molar-refractivity contribution < 1.29 is 9.94 Å². The van der Waals surface area contributed by atoms with Crippen LogP contribution in [0.3, 0.4) is 0 Å². The van der Waals surface area contributed by atoms with E-state index in [2.05, 4.69) is 49.2 Å². The number of nitrogens with zero attached hydrogens (tertiary/aromatic N) is 1. The van der Waals surface area contributed by atoms with Gasteiger partial charge >= 0.3 is 0 Å². The fourth-order valence-corrected chi connectivity index (χ4v) is 9.22. The molecule has 34 heavy (non-hydrogen) atoms. The van der Waals surface area contributed by atoms with Gasteiger partial charge in [0.15, 0.2) is 0 Å². The first-order valence-corrected chi connectivity index (χ1v) is 13.8. The van der Waals surface area contributed by atoms with Gasteiger partial charge < -0.3 is 15.3 Å². The van der Waals surface area contributed by atoms with Crippen LogP contribution in [0.15, 0.2) is 47.6 Å². The number of nitrogens with one attached hydrogen (secondary N) is 1. The Morgan fingerprint density at radius 1 is 1.03 bits per heavy atom. The molecule has 1 aromatic rings. The molecule has 4 heteroatoms.